The van der Waals surface area contributed by atoms with Gasteiger partial charge in [-0.25, -0.2) is 0 Å². The van der Waals surface area contributed by atoms with Crippen LogP contribution in [0.25, 0.3) is 10.9 Å². The number of rotatable bonds is 4. The molecular formula is C17H19N3O2. The topological polar surface area (TPSA) is 60.1 Å². The van der Waals surface area contributed by atoms with Crippen molar-refractivity contribution < 1.29 is 9.32 Å². The maximum atomic E-state index is 12.2. The van der Waals surface area contributed by atoms with Crippen LogP contribution in [-0.4, -0.2) is 22.2 Å². The van der Waals surface area contributed by atoms with E-state index >= 15 is 0 Å². The number of carbonyl (C=O) groups excluding carboxylic acids is 1. The maximum Gasteiger partial charge on any atom is 0.251 e. The first kappa shape index (κ1) is 14.4. The summed E-state index contributed by atoms with van der Waals surface area (Å²) in [5.41, 5.74) is 3.75. The van der Waals surface area contributed by atoms with Crippen molar-refractivity contribution in [2.45, 2.75) is 20.3 Å². The molecule has 0 saturated carbocycles. The Kier molecular flexibility index (Phi) is 3.71. The van der Waals surface area contributed by atoms with E-state index in [-0.39, 0.29) is 5.91 Å². The van der Waals surface area contributed by atoms with Crippen LogP contribution in [-0.2, 0) is 13.5 Å². The summed E-state index contributed by atoms with van der Waals surface area (Å²) >= 11 is 0. The molecule has 0 radical (unpaired) electrons. The Labute approximate surface area is 128 Å². The van der Waals surface area contributed by atoms with Crippen LogP contribution in [0, 0.1) is 13.8 Å². The van der Waals surface area contributed by atoms with Crippen molar-refractivity contribution in [3.63, 3.8) is 0 Å². The van der Waals surface area contributed by atoms with E-state index in [0.717, 1.165) is 34.3 Å². The largest absolute Gasteiger partial charge is 0.361 e. The van der Waals surface area contributed by atoms with E-state index in [1.165, 1.54) is 0 Å². The highest BCUT2D eigenvalue weighted by molar-refractivity contribution is 5.98. The van der Waals surface area contributed by atoms with Gasteiger partial charge in [-0.2, -0.15) is 0 Å². The Balaban J connectivity index is 1.66. The van der Waals surface area contributed by atoms with E-state index in [0.29, 0.717) is 12.1 Å². The number of hydrogen-bond donors (Lipinski definition) is 1. The molecule has 0 bridgehead atoms. The number of hydrogen-bond acceptors (Lipinski definition) is 3. The van der Waals surface area contributed by atoms with E-state index in [1.54, 1.807) is 0 Å². The Bertz CT molecular complexity index is 810. The zero-order valence-electron chi connectivity index (χ0n) is 13.0. The van der Waals surface area contributed by atoms with Crippen molar-refractivity contribution in [3.05, 3.63) is 53.0 Å². The van der Waals surface area contributed by atoms with Gasteiger partial charge in [-0.3, -0.25) is 4.79 Å². The molecule has 0 spiro atoms. The minimum atomic E-state index is -0.0579. The molecule has 0 atom stereocenters. The Morgan fingerprint density at radius 1 is 1.32 bits per heavy atom. The lowest BCUT2D eigenvalue weighted by Gasteiger charge is -2.06. The highest BCUT2D eigenvalue weighted by Gasteiger charge is 2.11. The van der Waals surface area contributed by atoms with Crippen LogP contribution < -0.4 is 5.32 Å². The Morgan fingerprint density at radius 3 is 2.86 bits per heavy atom. The zero-order chi connectivity index (χ0) is 15.7. The fourth-order valence-corrected chi connectivity index (χ4v) is 2.68. The van der Waals surface area contributed by atoms with Gasteiger partial charge in [0.1, 0.15) is 5.76 Å². The molecule has 0 saturated heterocycles. The van der Waals surface area contributed by atoms with Crippen LogP contribution in [0.3, 0.4) is 0 Å². The van der Waals surface area contributed by atoms with Crippen molar-refractivity contribution in [1.82, 2.24) is 15.0 Å². The minimum Gasteiger partial charge on any atom is -0.361 e. The third-order valence-corrected chi connectivity index (χ3v) is 3.99. The first-order valence-electron chi connectivity index (χ1n) is 7.31. The van der Waals surface area contributed by atoms with Gasteiger partial charge in [-0.15, -0.1) is 0 Å². The van der Waals surface area contributed by atoms with Crippen LogP contribution >= 0.6 is 0 Å². The average molecular weight is 297 g/mol. The molecule has 114 valence electrons. The summed E-state index contributed by atoms with van der Waals surface area (Å²) in [6.45, 7) is 4.37. The third-order valence-electron chi connectivity index (χ3n) is 3.99. The lowest BCUT2D eigenvalue weighted by Crippen LogP contribution is -2.25. The Morgan fingerprint density at radius 2 is 2.14 bits per heavy atom. The van der Waals surface area contributed by atoms with Crippen LogP contribution in [0.15, 0.2) is 35.0 Å². The summed E-state index contributed by atoms with van der Waals surface area (Å²) in [6.07, 6.45) is 2.71. The summed E-state index contributed by atoms with van der Waals surface area (Å²) in [4.78, 5) is 12.2. The second-order valence-electron chi connectivity index (χ2n) is 5.51. The molecule has 1 aromatic carbocycles. The Hall–Kier alpha value is -2.56. The van der Waals surface area contributed by atoms with E-state index in [4.69, 9.17) is 4.52 Å². The van der Waals surface area contributed by atoms with Crippen molar-refractivity contribution >= 4 is 16.8 Å². The van der Waals surface area contributed by atoms with Gasteiger partial charge in [0.05, 0.1) is 5.69 Å². The second-order valence-corrected chi connectivity index (χ2v) is 5.51. The predicted octanol–water partition coefficient (Wildman–Crippen LogP) is 2.76. The highest BCUT2D eigenvalue weighted by Crippen LogP contribution is 2.17. The predicted molar refractivity (Wildman–Crippen MR) is 84.9 cm³/mol. The molecule has 1 N–H and O–H groups in total. The quantitative estimate of drug-likeness (QED) is 0.805. The monoisotopic (exact) mass is 297 g/mol. The number of carbonyl (C=O) groups is 1. The number of fused-ring (bicyclic) bond motifs is 1. The lowest BCUT2D eigenvalue weighted by atomic mass is 10.1. The lowest BCUT2D eigenvalue weighted by molar-refractivity contribution is 0.0954. The standard InChI is InChI=1S/C17H19N3O2/c1-11-15(12(2)22-19-11)6-8-18-17(21)14-4-5-16-13(10-14)7-9-20(16)3/h4-5,7,9-10H,6,8H2,1-3H3,(H,18,21). The molecule has 0 aliphatic heterocycles. The van der Waals surface area contributed by atoms with E-state index in [1.807, 2.05) is 55.9 Å². The molecular weight excluding hydrogens is 278 g/mol. The molecule has 0 fully saturated rings. The molecule has 2 aromatic heterocycles. The summed E-state index contributed by atoms with van der Waals surface area (Å²) < 4.78 is 7.16. The first-order valence-corrected chi connectivity index (χ1v) is 7.31. The summed E-state index contributed by atoms with van der Waals surface area (Å²) in [5.74, 6) is 0.759. The first-order chi connectivity index (χ1) is 10.6. The number of nitrogens with one attached hydrogen (secondary N) is 1. The van der Waals surface area contributed by atoms with Gasteiger partial charge in [0.2, 0.25) is 0 Å². The van der Waals surface area contributed by atoms with Gasteiger partial charge in [0, 0.05) is 41.8 Å². The van der Waals surface area contributed by atoms with Crippen molar-refractivity contribution in [2.24, 2.45) is 7.05 Å². The summed E-state index contributed by atoms with van der Waals surface area (Å²) in [7, 11) is 1.99. The van der Waals surface area contributed by atoms with Crippen molar-refractivity contribution in [1.29, 1.82) is 0 Å². The van der Waals surface area contributed by atoms with Gasteiger partial charge in [-0.05, 0) is 44.5 Å². The molecule has 22 heavy (non-hydrogen) atoms. The van der Waals surface area contributed by atoms with E-state index < -0.39 is 0 Å². The molecule has 2 heterocycles. The van der Waals surface area contributed by atoms with Gasteiger partial charge < -0.3 is 14.4 Å². The maximum absolute atomic E-state index is 12.2. The molecule has 0 unspecified atom stereocenters. The van der Waals surface area contributed by atoms with Crippen LogP contribution in [0.1, 0.15) is 27.4 Å². The van der Waals surface area contributed by atoms with Crippen molar-refractivity contribution in [2.75, 3.05) is 6.54 Å². The number of aryl methyl sites for hydroxylation is 3. The van der Waals surface area contributed by atoms with Gasteiger partial charge >= 0.3 is 0 Å². The number of nitrogens with zero attached hydrogens (tertiary/aromatic N) is 2. The van der Waals surface area contributed by atoms with Gasteiger partial charge in [-0.1, -0.05) is 5.16 Å². The van der Waals surface area contributed by atoms with Crippen LogP contribution in [0.5, 0.6) is 0 Å². The molecule has 1 amide bonds. The fraction of sp³-hybridized carbons (Fsp3) is 0.294. The number of benzene rings is 1. The number of aromatic nitrogens is 2. The SMILES string of the molecule is Cc1noc(C)c1CCNC(=O)c1ccc2c(ccn2C)c1. The summed E-state index contributed by atoms with van der Waals surface area (Å²) in [5, 5.41) is 7.94. The van der Waals surface area contributed by atoms with E-state index in [2.05, 4.69) is 10.5 Å². The molecule has 3 aromatic rings. The third kappa shape index (κ3) is 2.62. The van der Waals surface area contributed by atoms with Gasteiger partial charge in [0.15, 0.2) is 0 Å². The fourth-order valence-electron chi connectivity index (χ4n) is 2.68. The normalized spacial score (nSPS) is 11.0. The zero-order valence-corrected chi connectivity index (χ0v) is 13.0. The van der Waals surface area contributed by atoms with Crippen LogP contribution in [0.4, 0.5) is 0 Å². The molecule has 0 aliphatic carbocycles. The molecule has 3 rings (SSSR count). The van der Waals surface area contributed by atoms with Gasteiger partial charge in [0.25, 0.3) is 5.91 Å². The molecule has 0 aliphatic rings. The minimum absolute atomic E-state index is 0.0579. The summed E-state index contributed by atoms with van der Waals surface area (Å²) in [6, 6.07) is 7.75. The molecule has 5 heteroatoms. The molecule has 5 nitrogen and oxygen atoms in total. The smallest absolute Gasteiger partial charge is 0.251 e. The number of amides is 1. The second kappa shape index (κ2) is 5.67. The van der Waals surface area contributed by atoms with Crippen molar-refractivity contribution in [3.8, 4) is 0 Å². The van der Waals surface area contributed by atoms with E-state index in [9.17, 15) is 4.79 Å². The highest BCUT2D eigenvalue weighted by atomic mass is 16.5. The average Bonchev–Trinajstić information content (AvgIpc) is 3.03. The van der Waals surface area contributed by atoms with Crippen LogP contribution in [0.2, 0.25) is 0 Å².